The average molecular weight is 938 g/mol. The van der Waals surface area contributed by atoms with Gasteiger partial charge >= 0.3 is 5.97 Å². The fourth-order valence-corrected chi connectivity index (χ4v) is 12.3. The highest BCUT2D eigenvalue weighted by atomic mass is 32.2. The number of Topliss-reactive ketones (excluding diaryl/α,β-unsaturated/α-hetero) is 1. The summed E-state index contributed by atoms with van der Waals surface area (Å²) in [6.45, 7) is 9.56. The number of hydrogen-bond acceptors (Lipinski definition) is 14. The van der Waals surface area contributed by atoms with Gasteiger partial charge in [0, 0.05) is 36.1 Å². The second-order valence-electron chi connectivity index (χ2n) is 18.5. The predicted molar refractivity (Wildman–Crippen MR) is 247 cm³/mol. The van der Waals surface area contributed by atoms with Gasteiger partial charge in [-0.05, 0) is 101 Å². The van der Waals surface area contributed by atoms with Gasteiger partial charge in [-0.3, -0.25) is 19.1 Å². The minimum atomic E-state index is -3.89. The van der Waals surface area contributed by atoms with Gasteiger partial charge in [-0.2, -0.15) is 4.98 Å². The van der Waals surface area contributed by atoms with E-state index in [2.05, 4.69) is 11.3 Å². The van der Waals surface area contributed by atoms with Crippen LogP contribution in [0.3, 0.4) is 0 Å². The number of aromatic nitrogens is 3. The molecule has 3 aromatic heterocycles. The monoisotopic (exact) mass is 937 g/mol. The van der Waals surface area contributed by atoms with Crippen LogP contribution >= 0.6 is 11.3 Å². The SMILES string of the molecule is C=C[C@@H]1C[C@]1(CC(=O)[C@@H]1C[C@@H](Oc2nc(-c3ccc(OC(C)C)cc3)nc3c2oc2ccccc23)CN1C(=O)[C@@H](Cc1nc(C)c(C(=O)OC)s1)C1CCCCC1)C(=O)NS(=O)(=O)C1CC1. The third-order valence-electron chi connectivity index (χ3n) is 13.6. The molecular formula is C49H55N5O10S2. The second-order valence-corrected chi connectivity index (χ2v) is 21.6. The van der Waals surface area contributed by atoms with Crippen LogP contribution in [-0.2, 0) is 35.6 Å². The van der Waals surface area contributed by atoms with Gasteiger partial charge in [0.05, 0.1) is 47.2 Å². The smallest absolute Gasteiger partial charge is 0.349 e. The Bertz CT molecular complexity index is 2810. The Morgan fingerprint density at radius 2 is 1.76 bits per heavy atom. The Kier molecular flexibility index (Phi) is 12.5. The summed E-state index contributed by atoms with van der Waals surface area (Å²) in [5.74, 6) is -1.63. The third kappa shape index (κ3) is 9.07. The molecular weight excluding hydrogens is 883 g/mol. The van der Waals surface area contributed by atoms with Crippen molar-refractivity contribution in [3.63, 3.8) is 0 Å². The van der Waals surface area contributed by atoms with Gasteiger partial charge in [0.2, 0.25) is 27.4 Å². The largest absolute Gasteiger partial charge is 0.491 e. The van der Waals surface area contributed by atoms with Crippen molar-refractivity contribution >= 4 is 67.0 Å². The van der Waals surface area contributed by atoms with Gasteiger partial charge in [0.25, 0.3) is 5.88 Å². The molecule has 15 nitrogen and oxygen atoms in total. The van der Waals surface area contributed by atoms with Crippen molar-refractivity contribution < 1.29 is 46.2 Å². The van der Waals surface area contributed by atoms with Gasteiger partial charge in [-0.1, -0.05) is 37.5 Å². The quantitative estimate of drug-likeness (QED) is 0.0698. The number of furan rings is 1. The molecule has 2 amide bonds. The number of ketones is 1. The lowest BCUT2D eigenvalue weighted by Crippen LogP contribution is -2.48. The first-order chi connectivity index (χ1) is 31.7. The van der Waals surface area contributed by atoms with Crippen molar-refractivity contribution in [3.8, 4) is 23.0 Å². The molecule has 1 N–H and O–H groups in total. The Labute approximate surface area is 387 Å². The summed E-state index contributed by atoms with van der Waals surface area (Å²) in [7, 11) is -2.58. The van der Waals surface area contributed by atoms with Crippen LogP contribution in [0.15, 0.2) is 65.6 Å². The number of amides is 2. The van der Waals surface area contributed by atoms with E-state index in [1.54, 1.807) is 17.9 Å². The first-order valence-electron chi connectivity index (χ1n) is 22.9. The van der Waals surface area contributed by atoms with Crippen molar-refractivity contribution in [2.24, 2.45) is 23.2 Å². The highest BCUT2D eigenvalue weighted by Gasteiger charge is 2.61. The van der Waals surface area contributed by atoms with Gasteiger partial charge in [0.15, 0.2) is 11.6 Å². The molecule has 5 atom stereocenters. The van der Waals surface area contributed by atoms with E-state index in [0.717, 1.165) is 37.5 Å². The van der Waals surface area contributed by atoms with Crippen LogP contribution in [0.2, 0.25) is 0 Å². The summed E-state index contributed by atoms with van der Waals surface area (Å²) in [6.07, 6.45) is 6.66. The third-order valence-corrected chi connectivity index (χ3v) is 16.5. The molecule has 66 heavy (non-hydrogen) atoms. The number of esters is 1. The molecule has 1 aliphatic heterocycles. The fraction of sp³-hybridized carbons (Fsp3) is 0.490. The Hall–Kier alpha value is -5.68. The lowest BCUT2D eigenvalue weighted by molar-refractivity contribution is -0.143. The molecule has 0 spiro atoms. The summed E-state index contributed by atoms with van der Waals surface area (Å²) in [5.41, 5.74) is 1.33. The number of carbonyl (C=O) groups excluding carboxylic acids is 4. The van der Waals surface area contributed by atoms with E-state index in [4.69, 9.17) is 33.6 Å². The number of para-hydroxylation sites is 1. The number of ether oxygens (including phenoxy) is 3. The summed E-state index contributed by atoms with van der Waals surface area (Å²) in [4.78, 5) is 73.3. The number of allylic oxidation sites excluding steroid dienone is 1. The van der Waals surface area contributed by atoms with Gasteiger partial charge in [-0.15, -0.1) is 17.9 Å². The molecule has 5 aromatic rings. The van der Waals surface area contributed by atoms with Crippen molar-refractivity contribution in [2.75, 3.05) is 13.7 Å². The van der Waals surface area contributed by atoms with Crippen LogP contribution in [0.1, 0.15) is 98.4 Å². The van der Waals surface area contributed by atoms with E-state index in [0.29, 0.717) is 62.2 Å². The molecule has 0 radical (unpaired) electrons. The molecule has 0 unspecified atom stereocenters. The number of aryl methyl sites for hydroxylation is 1. The van der Waals surface area contributed by atoms with E-state index in [1.807, 2.05) is 62.4 Å². The molecule has 17 heteroatoms. The van der Waals surface area contributed by atoms with E-state index in [1.165, 1.54) is 18.4 Å². The number of sulfonamides is 1. The zero-order valence-electron chi connectivity index (χ0n) is 37.6. The predicted octanol–water partition coefficient (Wildman–Crippen LogP) is 7.93. The van der Waals surface area contributed by atoms with E-state index >= 15 is 4.79 Å². The van der Waals surface area contributed by atoms with Crippen molar-refractivity contribution in [2.45, 2.75) is 115 Å². The van der Waals surface area contributed by atoms with Crippen LogP contribution < -0.4 is 14.2 Å². The molecule has 4 heterocycles. The highest BCUT2D eigenvalue weighted by molar-refractivity contribution is 7.90. The first kappa shape index (κ1) is 45.5. The number of likely N-dealkylation sites (tertiary alicyclic amines) is 1. The summed E-state index contributed by atoms with van der Waals surface area (Å²) < 4.78 is 52.3. The molecule has 0 bridgehead atoms. The zero-order chi connectivity index (χ0) is 46.5. The molecule has 2 aromatic carbocycles. The second kappa shape index (κ2) is 18.2. The molecule has 3 saturated carbocycles. The number of benzene rings is 2. The molecule has 4 fully saturated rings. The number of methoxy groups -OCH3 is 1. The van der Waals surface area contributed by atoms with Crippen molar-refractivity contribution in [1.29, 1.82) is 0 Å². The van der Waals surface area contributed by atoms with Gasteiger partial charge in [0.1, 0.15) is 27.8 Å². The summed E-state index contributed by atoms with van der Waals surface area (Å²) in [6, 6.07) is 13.9. The number of nitrogens with zero attached hydrogens (tertiary/aromatic N) is 4. The summed E-state index contributed by atoms with van der Waals surface area (Å²) in [5, 5.41) is 0.751. The molecule has 4 aliphatic rings. The van der Waals surface area contributed by atoms with Crippen LogP contribution in [0.25, 0.3) is 33.5 Å². The zero-order valence-corrected chi connectivity index (χ0v) is 39.3. The lowest BCUT2D eigenvalue weighted by Gasteiger charge is -2.34. The standard InChI is InChI=1S/C49H55N5O10S2/c1-6-31-24-49(31,48(58)53-66(59,60)34-20-21-34)25-38(55)37-22-33(26-54(37)46(56)36(29-12-8-7-9-13-29)23-40-50-28(4)43(65-40)47(57)61-5)63-45-42-41(35-14-10-11-15-39(35)64-42)51-44(52-45)30-16-18-32(19-17-30)62-27(2)3/h6,10-11,14-19,27,29,31,33-34,36-37H,1,7-9,12-13,20-26H2,2-5H3,(H,53,58)/t31-,33-,36+,37+,49-/m1/s1. The first-order valence-corrected chi connectivity index (χ1v) is 25.2. The van der Waals surface area contributed by atoms with Crippen LogP contribution in [0.4, 0.5) is 0 Å². The lowest BCUT2D eigenvalue weighted by atomic mass is 9.77. The molecule has 348 valence electrons. The Morgan fingerprint density at radius 3 is 2.44 bits per heavy atom. The minimum absolute atomic E-state index is 0.0111. The number of fused-ring (bicyclic) bond motifs is 3. The average Bonchev–Trinajstić information content (AvgIpc) is 4.17. The topological polar surface area (TPSA) is 197 Å². The van der Waals surface area contributed by atoms with E-state index in [9.17, 15) is 22.8 Å². The van der Waals surface area contributed by atoms with Crippen LogP contribution in [0, 0.1) is 30.1 Å². The maximum Gasteiger partial charge on any atom is 0.349 e. The fourth-order valence-electron chi connectivity index (χ4n) is 9.84. The molecule has 3 aliphatic carbocycles. The normalized spacial score (nSPS) is 22.6. The molecule has 1 saturated heterocycles. The Morgan fingerprint density at radius 1 is 1.02 bits per heavy atom. The van der Waals surface area contributed by atoms with Crippen LogP contribution in [0.5, 0.6) is 11.6 Å². The van der Waals surface area contributed by atoms with Crippen molar-refractivity contribution in [3.05, 3.63) is 76.8 Å². The van der Waals surface area contributed by atoms with Crippen molar-refractivity contribution in [1.82, 2.24) is 24.6 Å². The number of rotatable bonds is 17. The van der Waals surface area contributed by atoms with Gasteiger partial charge < -0.3 is 23.5 Å². The van der Waals surface area contributed by atoms with E-state index < -0.39 is 56.5 Å². The summed E-state index contributed by atoms with van der Waals surface area (Å²) >= 11 is 1.21. The number of hydrogen-bond donors (Lipinski definition) is 1. The minimum Gasteiger partial charge on any atom is -0.491 e. The number of thiazole rings is 1. The van der Waals surface area contributed by atoms with Crippen LogP contribution in [-0.4, -0.2) is 89.0 Å². The maximum atomic E-state index is 15.4. The highest BCUT2D eigenvalue weighted by Crippen LogP contribution is 2.57. The number of carbonyl (C=O) groups is 4. The number of nitrogens with one attached hydrogen (secondary N) is 1. The molecule has 9 rings (SSSR count). The Balaban J connectivity index is 1.07. The van der Waals surface area contributed by atoms with E-state index in [-0.39, 0.29) is 61.8 Å². The van der Waals surface area contributed by atoms with Gasteiger partial charge in [-0.25, -0.2) is 23.2 Å². The maximum absolute atomic E-state index is 15.4.